The molecule has 5 nitrogen and oxygen atoms in total. The second-order valence-corrected chi connectivity index (χ2v) is 7.40. The number of nitrogens with zero attached hydrogens (tertiary/aromatic N) is 1. The van der Waals surface area contributed by atoms with Crippen LogP contribution < -0.4 is 4.72 Å². The van der Waals surface area contributed by atoms with Crippen molar-refractivity contribution in [2.24, 2.45) is 5.92 Å². The summed E-state index contributed by atoms with van der Waals surface area (Å²) in [6.45, 7) is 7.87. The molecule has 1 N–H and O–H groups in total. The average Bonchev–Trinajstić information content (AvgIpc) is 2.35. The third kappa shape index (κ3) is 5.84. The Kier molecular flexibility index (Phi) is 6.87. The van der Waals surface area contributed by atoms with Crippen LogP contribution in [0, 0.1) is 5.92 Å². The van der Waals surface area contributed by atoms with Crippen LogP contribution in [-0.2, 0) is 14.8 Å². The van der Waals surface area contributed by atoms with E-state index in [1.54, 1.807) is 0 Å². The largest absolute Gasteiger partial charge is 0.379 e. The molecule has 0 aromatic carbocycles. The Bertz CT molecular complexity index is 329. The van der Waals surface area contributed by atoms with E-state index in [0.29, 0.717) is 12.5 Å². The van der Waals surface area contributed by atoms with Crippen LogP contribution in [-0.4, -0.2) is 57.4 Å². The van der Waals surface area contributed by atoms with Crippen molar-refractivity contribution in [2.45, 2.75) is 26.3 Å². The van der Waals surface area contributed by atoms with Gasteiger partial charge in [0.2, 0.25) is 10.0 Å². The Morgan fingerprint density at radius 3 is 2.44 bits per heavy atom. The number of nitrogens with one attached hydrogen (secondary N) is 1. The Morgan fingerprint density at radius 2 is 1.94 bits per heavy atom. The molecule has 0 aliphatic carbocycles. The van der Waals surface area contributed by atoms with Gasteiger partial charge >= 0.3 is 0 Å². The zero-order valence-corrected chi connectivity index (χ0v) is 12.6. The van der Waals surface area contributed by atoms with E-state index in [0.717, 1.165) is 32.7 Å². The van der Waals surface area contributed by atoms with Gasteiger partial charge in [-0.2, -0.15) is 0 Å². The highest BCUT2D eigenvalue weighted by atomic mass is 35.5. The molecule has 0 aromatic rings. The van der Waals surface area contributed by atoms with E-state index in [4.69, 9.17) is 16.3 Å². The summed E-state index contributed by atoms with van der Waals surface area (Å²) in [6.07, 6.45) is 0.963. The molecule has 1 unspecified atom stereocenters. The summed E-state index contributed by atoms with van der Waals surface area (Å²) in [4.78, 5) is 2.29. The standard InChI is InChI=1S/C11H23ClN2O3S/c1-10(2)7-11(8-13-18(15,16)9-12)14-3-5-17-6-4-14/h10-11,13H,3-9H2,1-2H3. The van der Waals surface area contributed by atoms with E-state index < -0.39 is 10.0 Å². The van der Waals surface area contributed by atoms with Crippen molar-refractivity contribution < 1.29 is 13.2 Å². The van der Waals surface area contributed by atoms with Gasteiger partial charge in [0.25, 0.3) is 0 Å². The molecule has 0 bridgehead atoms. The summed E-state index contributed by atoms with van der Waals surface area (Å²) in [5.41, 5.74) is 0. The summed E-state index contributed by atoms with van der Waals surface area (Å²) in [7, 11) is -3.33. The lowest BCUT2D eigenvalue weighted by Gasteiger charge is -2.35. The molecular formula is C11H23ClN2O3S. The average molecular weight is 299 g/mol. The molecule has 0 amide bonds. The summed E-state index contributed by atoms with van der Waals surface area (Å²) < 4.78 is 30.7. The number of morpholine rings is 1. The van der Waals surface area contributed by atoms with Crippen molar-refractivity contribution >= 4 is 21.6 Å². The van der Waals surface area contributed by atoms with Crippen molar-refractivity contribution in [1.82, 2.24) is 9.62 Å². The Balaban J connectivity index is 2.54. The van der Waals surface area contributed by atoms with Crippen LogP contribution in [0.15, 0.2) is 0 Å². The first kappa shape index (κ1) is 16.2. The molecule has 1 fully saturated rings. The summed E-state index contributed by atoms with van der Waals surface area (Å²) in [5.74, 6) is 0.526. The molecule has 0 saturated carbocycles. The Morgan fingerprint density at radius 1 is 1.33 bits per heavy atom. The van der Waals surface area contributed by atoms with Crippen molar-refractivity contribution in [3.63, 3.8) is 0 Å². The van der Waals surface area contributed by atoms with Crippen LogP contribution in [0.4, 0.5) is 0 Å². The number of rotatable bonds is 7. The summed E-state index contributed by atoms with van der Waals surface area (Å²) in [6, 6.07) is 0.215. The third-order valence-corrected chi connectivity index (χ3v) is 4.74. The highest BCUT2D eigenvalue weighted by Crippen LogP contribution is 2.13. The number of alkyl halides is 1. The predicted octanol–water partition coefficient (Wildman–Crippen LogP) is 0.849. The normalized spacial score (nSPS) is 20.2. The minimum atomic E-state index is -3.33. The van der Waals surface area contributed by atoms with Gasteiger partial charge in [-0.05, 0) is 12.3 Å². The van der Waals surface area contributed by atoms with Gasteiger partial charge in [0.05, 0.1) is 13.2 Å². The van der Waals surface area contributed by atoms with E-state index in [9.17, 15) is 8.42 Å². The number of hydrogen-bond acceptors (Lipinski definition) is 4. The SMILES string of the molecule is CC(C)CC(CNS(=O)(=O)CCl)N1CCOCC1. The Hall–Kier alpha value is 0.120. The molecular weight excluding hydrogens is 276 g/mol. The molecule has 1 heterocycles. The van der Waals surface area contributed by atoms with Gasteiger partial charge in [-0.3, -0.25) is 4.90 Å². The molecule has 0 aromatic heterocycles. The smallest absolute Gasteiger partial charge is 0.225 e. The van der Waals surface area contributed by atoms with Crippen LogP contribution in [0.5, 0.6) is 0 Å². The molecule has 1 atom stereocenters. The number of sulfonamides is 1. The lowest BCUT2D eigenvalue weighted by atomic mass is 10.0. The van der Waals surface area contributed by atoms with Crippen molar-refractivity contribution in [3.05, 3.63) is 0 Å². The van der Waals surface area contributed by atoms with Gasteiger partial charge in [0.15, 0.2) is 0 Å². The first-order valence-corrected chi connectivity index (χ1v) is 8.48. The van der Waals surface area contributed by atoms with E-state index in [2.05, 4.69) is 23.5 Å². The maximum absolute atomic E-state index is 11.4. The predicted molar refractivity (Wildman–Crippen MR) is 73.3 cm³/mol. The van der Waals surface area contributed by atoms with Gasteiger partial charge in [-0.25, -0.2) is 13.1 Å². The second-order valence-electron chi connectivity index (χ2n) is 5.00. The number of ether oxygens (including phenoxy) is 1. The second kappa shape index (κ2) is 7.65. The Labute approximate surface area is 115 Å². The minimum Gasteiger partial charge on any atom is -0.379 e. The summed E-state index contributed by atoms with van der Waals surface area (Å²) >= 11 is 5.38. The zero-order valence-electron chi connectivity index (χ0n) is 11.1. The van der Waals surface area contributed by atoms with Crippen LogP contribution in [0.2, 0.25) is 0 Å². The monoisotopic (exact) mass is 298 g/mol. The van der Waals surface area contributed by atoms with Gasteiger partial charge < -0.3 is 4.74 Å². The quantitative estimate of drug-likeness (QED) is 0.708. The molecule has 7 heteroatoms. The van der Waals surface area contributed by atoms with Crippen molar-refractivity contribution in [2.75, 3.05) is 38.1 Å². The number of halogens is 1. The van der Waals surface area contributed by atoms with Gasteiger partial charge in [0, 0.05) is 25.7 Å². The molecule has 0 spiro atoms. The van der Waals surface area contributed by atoms with Gasteiger partial charge in [0.1, 0.15) is 5.21 Å². The molecule has 1 aliphatic rings. The van der Waals surface area contributed by atoms with Crippen molar-refractivity contribution in [1.29, 1.82) is 0 Å². The fourth-order valence-electron chi connectivity index (χ4n) is 2.11. The lowest BCUT2D eigenvalue weighted by molar-refractivity contribution is 0.0135. The molecule has 0 radical (unpaired) electrons. The molecule has 1 rings (SSSR count). The fourth-order valence-corrected chi connectivity index (χ4v) is 2.86. The molecule has 1 aliphatic heterocycles. The van der Waals surface area contributed by atoms with Crippen molar-refractivity contribution in [3.8, 4) is 0 Å². The fraction of sp³-hybridized carbons (Fsp3) is 1.00. The van der Waals surface area contributed by atoms with Gasteiger partial charge in [-0.15, -0.1) is 11.6 Å². The maximum Gasteiger partial charge on any atom is 0.225 e. The first-order chi connectivity index (χ1) is 8.44. The van der Waals surface area contributed by atoms with E-state index in [1.165, 1.54) is 0 Å². The van der Waals surface area contributed by atoms with Crippen LogP contribution in [0.1, 0.15) is 20.3 Å². The topological polar surface area (TPSA) is 58.6 Å². The third-order valence-electron chi connectivity index (χ3n) is 2.99. The van der Waals surface area contributed by atoms with E-state index in [-0.39, 0.29) is 11.3 Å². The highest BCUT2D eigenvalue weighted by Gasteiger charge is 2.23. The highest BCUT2D eigenvalue weighted by molar-refractivity contribution is 7.90. The first-order valence-electron chi connectivity index (χ1n) is 6.29. The summed E-state index contributed by atoms with van der Waals surface area (Å²) in [5, 5.41) is -0.384. The van der Waals surface area contributed by atoms with Crippen LogP contribution in [0.3, 0.4) is 0 Å². The van der Waals surface area contributed by atoms with Gasteiger partial charge in [-0.1, -0.05) is 13.8 Å². The lowest BCUT2D eigenvalue weighted by Crippen LogP contribution is -2.49. The van der Waals surface area contributed by atoms with Crippen LogP contribution in [0.25, 0.3) is 0 Å². The van der Waals surface area contributed by atoms with E-state index >= 15 is 0 Å². The molecule has 108 valence electrons. The van der Waals surface area contributed by atoms with Crippen LogP contribution >= 0.6 is 11.6 Å². The van der Waals surface area contributed by atoms with E-state index in [1.807, 2.05) is 0 Å². The minimum absolute atomic E-state index is 0.215. The molecule has 1 saturated heterocycles. The zero-order chi connectivity index (χ0) is 13.6. The molecule has 18 heavy (non-hydrogen) atoms. The maximum atomic E-state index is 11.4. The number of hydrogen-bond donors (Lipinski definition) is 1.